The molecule has 5 heteroatoms. The van der Waals surface area contributed by atoms with Crippen LogP contribution in [0, 0.1) is 0 Å². The summed E-state index contributed by atoms with van der Waals surface area (Å²) in [5, 5.41) is 0.430. The summed E-state index contributed by atoms with van der Waals surface area (Å²) < 4.78 is 5.12. The first-order valence-corrected chi connectivity index (χ1v) is 7.99. The van der Waals surface area contributed by atoms with Gasteiger partial charge in [-0.15, -0.1) is 0 Å². The van der Waals surface area contributed by atoms with Crippen LogP contribution >= 0.6 is 11.6 Å². The molecular formula is C18H19ClN2O2. The minimum Gasteiger partial charge on any atom is -0.497 e. The highest BCUT2D eigenvalue weighted by atomic mass is 35.5. The van der Waals surface area contributed by atoms with Crippen LogP contribution in [-0.4, -0.2) is 44.1 Å². The molecule has 2 aromatic rings. The van der Waals surface area contributed by atoms with E-state index in [9.17, 15) is 4.79 Å². The smallest absolute Gasteiger partial charge is 0.255 e. The predicted octanol–water partition coefficient (Wildman–Crippen LogP) is 3.31. The lowest BCUT2D eigenvalue weighted by molar-refractivity contribution is 0.0747. The molecular weight excluding hydrogens is 312 g/mol. The van der Waals surface area contributed by atoms with Crippen molar-refractivity contribution in [3.05, 3.63) is 59.1 Å². The molecule has 1 amide bonds. The summed E-state index contributed by atoms with van der Waals surface area (Å²) in [7, 11) is 1.58. The van der Waals surface area contributed by atoms with Crippen molar-refractivity contribution >= 4 is 23.2 Å². The van der Waals surface area contributed by atoms with E-state index < -0.39 is 0 Å². The molecule has 0 aliphatic carbocycles. The number of carbonyl (C=O) groups is 1. The Morgan fingerprint density at radius 3 is 2.35 bits per heavy atom. The number of nitrogens with zero attached hydrogens (tertiary/aromatic N) is 2. The molecule has 23 heavy (non-hydrogen) atoms. The van der Waals surface area contributed by atoms with Gasteiger partial charge in [0.1, 0.15) is 5.75 Å². The Morgan fingerprint density at radius 1 is 1.04 bits per heavy atom. The predicted molar refractivity (Wildman–Crippen MR) is 92.6 cm³/mol. The lowest BCUT2D eigenvalue weighted by Gasteiger charge is -2.36. The van der Waals surface area contributed by atoms with Crippen molar-refractivity contribution < 1.29 is 9.53 Å². The Morgan fingerprint density at radius 2 is 1.74 bits per heavy atom. The van der Waals surface area contributed by atoms with Gasteiger partial charge in [0.15, 0.2) is 0 Å². The third-order valence-corrected chi connectivity index (χ3v) is 4.41. The van der Waals surface area contributed by atoms with Crippen molar-refractivity contribution in [1.29, 1.82) is 0 Å². The summed E-state index contributed by atoms with van der Waals surface area (Å²) in [6, 6.07) is 15.4. The first kappa shape index (κ1) is 15.7. The topological polar surface area (TPSA) is 32.8 Å². The number of para-hydroxylation sites is 1. The molecule has 3 rings (SSSR count). The number of hydrogen-bond donors (Lipinski definition) is 0. The molecule has 1 aliphatic rings. The van der Waals surface area contributed by atoms with E-state index in [1.54, 1.807) is 25.3 Å². The zero-order valence-electron chi connectivity index (χ0n) is 13.0. The van der Waals surface area contributed by atoms with E-state index >= 15 is 0 Å². The maximum Gasteiger partial charge on any atom is 0.255 e. The van der Waals surface area contributed by atoms with Crippen LogP contribution in [0.1, 0.15) is 10.4 Å². The quantitative estimate of drug-likeness (QED) is 0.865. The summed E-state index contributed by atoms with van der Waals surface area (Å²) in [6.07, 6.45) is 0. The monoisotopic (exact) mass is 330 g/mol. The van der Waals surface area contributed by atoms with E-state index in [2.05, 4.69) is 17.0 Å². The maximum atomic E-state index is 12.6. The van der Waals surface area contributed by atoms with Crippen molar-refractivity contribution in [3.63, 3.8) is 0 Å². The molecule has 1 aliphatic heterocycles. The Labute approximate surface area is 141 Å². The third-order valence-electron chi connectivity index (χ3n) is 4.09. The van der Waals surface area contributed by atoms with Crippen LogP contribution in [0.3, 0.4) is 0 Å². The van der Waals surface area contributed by atoms with E-state index in [4.69, 9.17) is 16.3 Å². The van der Waals surface area contributed by atoms with Gasteiger partial charge in [0, 0.05) is 31.9 Å². The van der Waals surface area contributed by atoms with Crippen molar-refractivity contribution in [2.75, 3.05) is 38.2 Å². The van der Waals surface area contributed by atoms with Gasteiger partial charge >= 0.3 is 0 Å². The Kier molecular flexibility index (Phi) is 4.72. The van der Waals surface area contributed by atoms with Crippen LogP contribution < -0.4 is 9.64 Å². The first-order valence-electron chi connectivity index (χ1n) is 7.62. The van der Waals surface area contributed by atoms with Crippen LogP contribution in [0.2, 0.25) is 5.02 Å². The zero-order chi connectivity index (χ0) is 16.2. The zero-order valence-corrected chi connectivity index (χ0v) is 13.8. The second-order valence-corrected chi connectivity index (χ2v) is 5.87. The highest BCUT2D eigenvalue weighted by Crippen LogP contribution is 2.24. The first-order chi connectivity index (χ1) is 11.2. The minimum absolute atomic E-state index is 0.0228. The van der Waals surface area contributed by atoms with Crippen molar-refractivity contribution in [1.82, 2.24) is 4.90 Å². The van der Waals surface area contributed by atoms with E-state index in [1.165, 1.54) is 5.69 Å². The maximum absolute atomic E-state index is 12.6. The summed E-state index contributed by atoms with van der Waals surface area (Å²) in [5.41, 5.74) is 1.72. The molecule has 1 fully saturated rings. The van der Waals surface area contributed by atoms with Crippen molar-refractivity contribution in [2.24, 2.45) is 0 Å². The number of carbonyl (C=O) groups excluding carboxylic acids is 1. The third kappa shape index (κ3) is 3.42. The molecule has 1 saturated heterocycles. The van der Waals surface area contributed by atoms with Gasteiger partial charge in [-0.3, -0.25) is 4.79 Å². The number of piperazine rings is 1. The molecule has 0 aromatic heterocycles. The van der Waals surface area contributed by atoms with Gasteiger partial charge in [0.05, 0.1) is 17.7 Å². The fourth-order valence-corrected chi connectivity index (χ4v) is 3.02. The van der Waals surface area contributed by atoms with Gasteiger partial charge in [-0.05, 0) is 30.3 Å². The number of ether oxygens (including phenoxy) is 1. The second kappa shape index (κ2) is 6.92. The fraction of sp³-hybridized carbons (Fsp3) is 0.278. The highest BCUT2D eigenvalue weighted by Gasteiger charge is 2.23. The lowest BCUT2D eigenvalue weighted by atomic mass is 10.1. The SMILES string of the molecule is COc1ccc(C(=O)N2CCN(c3ccccc3)CC2)c(Cl)c1. The van der Waals surface area contributed by atoms with Gasteiger partial charge < -0.3 is 14.5 Å². The average Bonchev–Trinajstić information content (AvgIpc) is 2.62. The number of methoxy groups -OCH3 is 1. The standard InChI is InChI=1S/C18H19ClN2O2/c1-23-15-7-8-16(17(19)13-15)18(22)21-11-9-20(10-12-21)14-5-3-2-4-6-14/h2-8,13H,9-12H2,1H3. The summed E-state index contributed by atoms with van der Waals surface area (Å²) in [4.78, 5) is 16.8. The summed E-state index contributed by atoms with van der Waals surface area (Å²) in [6.45, 7) is 3.03. The van der Waals surface area contributed by atoms with Crippen LogP contribution in [-0.2, 0) is 0 Å². The molecule has 120 valence electrons. The number of benzene rings is 2. The van der Waals surface area contributed by atoms with E-state index in [0.29, 0.717) is 29.4 Å². The molecule has 0 saturated carbocycles. The van der Waals surface area contributed by atoms with Gasteiger partial charge in [-0.1, -0.05) is 29.8 Å². The van der Waals surface area contributed by atoms with Gasteiger partial charge in [0.25, 0.3) is 5.91 Å². The molecule has 4 nitrogen and oxygen atoms in total. The Bertz CT molecular complexity index is 683. The van der Waals surface area contributed by atoms with E-state index in [1.807, 2.05) is 23.1 Å². The van der Waals surface area contributed by atoms with Gasteiger partial charge in [-0.2, -0.15) is 0 Å². The van der Waals surface area contributed by atoms with Gasteiger partial charge in [0.2, 0.25) is 0 Å². The van der Waals surface area contributed by atoms with Crippen molar-refractivity contribution in [2.45, 2.75) is 0 Å². The minimum atomic E-state index is -0.0228. The molecule has 1 heterocycles. The number of rotatable bonds is 3. The van der Waals surface area contributed by atoms with E-state index in [0.717, 1.165) is 13.1 Å². The number of anilines is 1. The van der Waals surface area contributed by atoms with Gasteiger partial charge in [-0.25, -0.2) is 0 Å². The van der Waals surface area contributed by atoms with Crippen LogP contribution in [0.25, 0.3) is 0 Å². The largest absolute Gasteiger partial charge is 0.497 e. The number of halogens is 1. The lowest BCUT2D eigenvalue weighted by Crippen LogP contribution is -2.48. The van der Waals surface area contributed by atoms with Crippen molar-refractivity contribution in [3.8, 4) is 5.75 Å². The molecule has 0 N–H and O–H groups in total. The van der Waals surface area contributed by atoms with Crippen LogP contribution in [0.15, 0.2) is 48.5 Å². The summed E-state index contributed by atoms with van der Waals surface area (Å²) in [5.74, 6) is 0.630. The molecule has 2 aromatic carbocycles. The second-order valence-electron chi connectivity index (χ2n) is 5.46. The normalized spacial score (nSPS) is 14.7. The fourth-order valence-electron chi connectivity index (χ4n) is 2.77. The summed E-state index contributed by atoms with van der Waals surface area (Å²) >= 11 is 6.21. The Balaban J connectivity index is 1.66. The number of hydrogen-bond acceptors (Lipinski definition) is 3. The molecule has 0 atom stereocenters. The van der Waals surface area contributed by atoms with E-state index in [-0.39, 0.29) is 5.91 Å². The average molecular weight is 331 g/mol. The number of amides is 1. The molecule has 0 unspecified atom stereocenters. The highest BCUT2D eigenvalue weighted by molar-refractivity contribution is 6.34. The van der Waals surface area contributed by atoms with Crippen LogP contribution in [0.4, 0.5) is 5.69 Å². The Hall–Kier alpha value is -2.20. The molecule has 0 radical (unpaired) electrons. The molecule has 0 bridgehead atoms. The van der Waals surface area contributed by atoms with Crippen LogP contribution in [0.5, 0.6) is 5.75 Å². The molecule has 0 spiro atoms.